The van der Waals surface area contributed by atoms with Crippen LogP contribution in [0.25, 0.3) is 0 Å². The van der Waals surface area contributed by atoms with Crippen LogP contribution in [0.3, 0.4) is 0 Å². The molecule has 2 saturated heterocycles. The van der Waals surface area contributed by atoms with Crippen molar-refractivity contribution in [3.63, 3.8) is 0 Å². The van der Waals surface area contributed by atoms with Crippen molar-refractivity contribution < 1.29 is 19.2 Å². The first kappa shape index (κ1) is 23.4. The summed E-state index contributed by atoms with van der Waals surface area (Å²) in [5.41, 5.74) is 5.44. The first-order chi connectivity index (χ1) is 16.2. The summed E-state index contributed by atoms with van der Waals surface area (Å²) in [6.45, 7) is 6.29. The van der Waals surface area contributed by atoms with E-state index in [0.29, 0.717) is 25.3 Å². The van der Waals surface area contributed by atoms with E-state index in [1.54, 1.807) is 0 Å². The zero-order valence-electron chi connectivity index (χ0n) is 19.4. The Morgan fingerprint density at radius 3 is 2.65 bits per heavy atom. The smallest absolute Gasteiger partial charge is 0.345 e. The first-order valence-electron chi connectivity index (χ1n) is 11.1. The fraction of sp³-hybridized carbons (Fsp3) is 0.524. The molecule has 0 unspecified atom stereocenters. The third-order valence-electron chi connectivity index (χ3n) is 5.48. The summed E-state index contributed by atoms with van der Waals surface area (Å²) in [7, 11) is 0. The Bertz CT molecular complexity index is 1040. The van der Waals surface area contributed by atoms with Gasteiger partial charge in [-0.2, -0.15) is 5.06 Å². The number of tetrazole rings is 1. The molecule has 0 saturated carbocycles. The summed E-state index contributed by atoms with van der Waals surface area (Å²) < 4.78 is 1.30. The van der Waals surface area contributed by atoms with Gasteiger partial charge in [-0.05, 0) is 49.6 Å². The number of benzene rings is 1. The second kappa shape index (κ2) is 9.63. The predicted molar refractivity (Wildman–Crippen MR) is 119 cm³/mol. The molecule has 3 N–H and O–H groups in total. The predicted octanol–water partition coefficient (Wildman–Crippen LogP) is 0.431. The lowest BCUT2D eigenvalue weighted by Gasteiger charge is -2.29. The molecule has 2 bridgehead atoms. The van der Waals surface area contributed by atoms with Gasteiger partial charge in [0.05, 0.1) is 6.04 Å². The van der Waals surface area contributed by atoms with E-state index in [1.165, 1.54) is 14.6 Å². The average molecular weight is 472 g/mol. The van der Waals surface area contributed by atoms with Gasteiger partial charge in [0.25, 0.3) is 11.8 Å². The van der Waals surface area contributed by atoms with Crippen LogP contribution in [-0.2, 0) is 27.6 Å². The van der Waals surface area contributed by atoms with Crippen LogP contribution in [0.1, 0.15) is 39.2 Å². The number of rotatable bonds is 7. The van der Waals surface area contributed by atoms with Crippen molar-refractivity contribution in [3.8, 4) is 0 Å². The number of urea groups is 1. The summed E-state index contributed by atoms with van der Waals surface area (Å²) >= 11 is 0. The van der Waals surface area contributed by atoms with Gasteiger partial charge in [-0.15, -0.1) is 0 Å². The molecule has 3 heterocycles. The number of carbonyl (C=O) groups excluding carboxylic acids is 3. The molecule has 2 aliphatic heterocycles. The average Bonchev–Trinajstić information content (AvgIpc) is 3.32. The minimum absolute atomic E-state index is 0.108. The van der Waals surface area contributed by atoms with Crippen LogP contribution in [0, 0.1) is 0 Å². The van der Waals surface area contributed by atoms with E-state index in [0.717, 1.165) is 5.56 Å². The highest BCUT2D eigenvalue weighted by atomic mass is 16.7. The number of fused-ring (bicyclic) bond motifs is 2. The number of anilines is 1. The van der Waals surface area contributed by atoms with Crippen LogP contribution < -0.4 is 16.2 Å². The maximum Gasteiger partial charge on any atom is 0.345 e. The van der Waals surface area contributed by atoms with Crippen LogP contribution in [0.15, 0.2) is 30.3 Å². The molecule has 13 heteroatoms. The number of hydrogen-bond acceptors (Lipinski definition) is 8. The van der Waals surface area contributed by atoms with Gasteiger partial charge in [0, 0.05) is 12.1 Å². The SMILES string of the molecule is CC(C)(C)Nc1nnnn1CC(=O)NNC(=O)[C@@H]1CC[C@@H]2CN1C(=O)N2OCc1ccccc1. The Hall–Kier alpha value is -3.74. The number of hydroxylamine groups is 2. The molecule has 2 atom stereocenters. The van der Waals surface area contributed by atoms with Crippen LogP contribution in [0.2, 0.25) is 0 Å². The number of carbonyl (C=O) groups is 3. The number of amides is 4. The summed E-state index contributed by atoms with van der Waals surface area (Å²) in [6.07, 6.45) is 1.09. The molecular formula is C21H29N9O4. The van der Waals surface area contributed by atoms with Gasteiger partial charge in [0.15, 0.2) is 0 Å². The number of hydrazine groups is 1. The lowest BCUT2D eigenvalue weighted by atomic mass is 10.0. The molecule has 2 aliphatic rings. The number of nitrogens with one attached hydrogen (secondary N) is 3. The fourth-order valence-electron chi connectivity index (χ4n) is 3.92. The lowest BCUT2D eigenvalue weighted by Crippen LogP contribution is -2.54. The van der Waals surface area contributed by atoms with E-state index in [4.69, 9.17) is 4.84 Å². The Balaban J connectivity index is 1.28. The molecule has 2 aromatic rings. The van der Waals surface area contributed by atoms with Crippen molar-refractivity contribution in [2.75, 3.05) is 11.9 Å². The van der Waals surface area contributed by atoms with Gasteiger partial charge in [-0.1, -0.05) is 35.4 Å². The second-order valence-electron chi connectivity index (χ2n) is 9.34. The number of aromatic nitrogens is 4. The number of nitrogens with zero attached hydrogens (tertiary/aromatic N) is 6. The van der Waals surface area contributed by atoms with E-state index in [-0.39, 0.29) is 30.8 Å². The van der Waals surface area contributed by atoms with E-state index < -0.39 is 17.9 Å². The largest absolute Gasteiger partial charge is 0.348 e. The molecule has 182 valence electrons. The van der Waals surface area contributed by atoms with Crippen LogP contribution >= 0.6 is 0 Å². The molecule has 34 heavy (non-hydrogen) atoms. The topological polar surface area (TPSA) is 147 Å². The Kier molecular flexibility index (Phi) is 6.63. The van der Waals surface area contributed by atoms with Crippen molar-refractivity contribution in [2.45, 2.75) is 64.4 Å². The molecule has 4 rings (SSSR count). The number of hydrogen-bond donors (Lipinski definition) is 3. The van der Waals surface area contributed by atoms with Gasteiger partial charge >= 0.3 is 6.03 Å². The first-order valence-corrected chi connectivity index (χ1v) is 11.1. The van der Waals surface area contributed by atoms with E-state index in [9.17, 15) is 14.4 Å². The molecule has 0 aliphatic carbocycles. The molecule has 2 fully saturated rings. The third-order valence-corrected chi connectivity index (χ3v) is 5.48. The quantitative estimate of drug-likeness (QED) is 0.493. The van der Waals surface area contributed by atoms with Crippen molar-refractivity contribution in [3.05, 3.63) is 35.9 Å². The highest BCUT2D eigenvalue weighted by Crippen LogP contribution is 2.30. The molecule has 4 amide bonds. The third kappa shape index (κ3) is 5.42. The minimum Gasteiger partial charge on any atom is -0.348 e. The van der Waals surface area contributed by atoms with Crippen LogP contribution in [0.4, 0.5) is 10.7 Å². The fourth-order valence-corrected chi connectivity index (χ4v) is 3.92. The number of piperidine rings is 1. The summed E-state index contributed by atoms with van der Waals surface area (Å²) in [5, 5.41) is 15.7. The van der Waals surface area contributed by atoms with Gasteiger partial charge < -0.3 is 10.2 Å². The van der Waals surface area contributed by atoms with Gasteiger partial charge in [-0.25, -0.2) is 9.48 Å². The zero-order chi connectivity index (χ0) is 24.3. The summed E-state index contributed by atoms with van der Waals surface area (Å²) in [5.74, 6) is -0.632. The van der Waals surface area contributed by atoms with E-state index in [1.807, 2.05) is 51.1 Å². The van der Waals surface area contributed by atoms with Crippen LogP contribution in [-0.4, -0.2) is 72.2 Å². The zero-order valence-corrected chi connectivity index (χ0v) is 19.4. The highest BCUT2D eigenvalue weighted by Gasteiger charge is 2.48. The van der Waals surface area contributed by atoms with Gasteiger partial charge in [-0.3, -0.25) is 25.3 Å². The lowest BCUT2D eigenvalue weighted by molar-refractivity contribution is -0.140. The van der Waals surface area contributed by atoms with E-state index in [2.05, 4.69) is 31.7 Å². The summed E-state index contributed by atoms with van der Waals surface area (Å²) in [4.78, 5) is 45.2. The maximum absolute atomic E-state index is 12.9. The molecule has 1 aromatic heterocycles. The Labute approximate surface area is 196 Å². The Morgan fingerprint density at radius 1 is 1.15 bits per heavy atom. The standard InChI is InChI=1S/C21H29N9O4/c1-21(2,3)22-19-25-26-27-29(19)12-17(31)23-24-18(32)16-10-9-15-11-28(16)20(33)30(15)34-13-14-7-5-4-6-8-14/h4-8,15-16H,9-13H2,1-3H3,(H,23,31)(H,24,32)(H,22,25,27)/t15-,16+/m1/s1. The molecule has 13 nitrogen and oxygen atoms in total. The van der Waals surface area contributed by atoms with Gasteiger partial charge in [0.1, 0.15) is 19.2 Å². The second-order valence-corrected chi connectivity index (χ2v) is 9.34. The van der Waals surface area contributed by atoms with Crippen molar-refractivity contribution in [2.24, 2.45) is 0 Å². The molecular weight excluding hydrogens is 442 g/mol. The van der Waals surface area contributed by atoms with E-state index >= 15 is 0 Å². The molecule has 1 aromatic carbocycles. The van der Waals surface area contributed by atoms with Crippen molar-refractivity contribution in [1.82, 2.24) is 41.0 Å². The molecule has 0 radical (unpaired) electrons. The maximum atomic E-state index is 12.9. The molecule has 0 spiro atoms. The Morgan fingerprint density at radius 2 is 1.91 bits per heavy atom. The van der Waals surface area contributed by atoms with Gasteiger partial charge in [0.2, 0.25) is 5.95 Å². The minimum atomic E-state index is -0.694. The van der Waals surface area contributed by atoms with Crippen molar-refractivity contribution in [1.29, 1.82) is 0 Å². The monoisotopic (exact) mass is 471 g/mol. The van der Waals surface area contributed by atoms with Crippen LogP contribution in [0.5, 0.6) is 0 Å². The van der Waals surface area contributed by atoms with Crippen molar-refractivity contribution >= 4 is 23.8 Å². The summed E-state index contributed by atoms with van der Waals surface area (Å²) in [6, 6.07) is 8.41. The normalized spacial score (nSPS) is 19.8. The highest BCUT2D eigenvalue weighted by molar-refractivity contribution is 5.90.